The highest BCUT2D eigenvalue weighted by Gasteiger charge is 2.25. The highest BCUT2D eigenvalue weighted by molar-refractivity contribution is 5.91. The first-order valence-corrected chi connectivity index (χ1v) is 14.0. The molecule has 1 unspecified atom stereocenters. The molecule has 1 aromatic carbocycles. The number of methoxy groups -OCH3 is 1. The second-order valence-electron chi connectivity index (χ2n) is 10.6. The van der Waals surface area contributed by atoms with E-state index in [4.69, 9.17) is 24.5 Å². The Morgan fingerprint density at radius 2 is 2.10 bits per heavy atom. The second kappa shape index (κ2) is 12.1. The summed E-state index contributed by atoms with van der Waals surface area (Å²) in [6.07, 6.45) is 8.54. The van der Waals surface area contributed by atoms with Gasteiger partial charge in [0.1, 0.15) is 23.8 Å². The molecule has 6 rings (SSSR count). The lowest BCUT2D eigenvalue weighted by atomic mass is 9.86. The number of benzene rings is 1. The first-order valence-electron chi connectivity index (χ1n) is 14.0. The van der Waals surface area contributed by atoms with Gasteiger partial charge in [0, 0.05) is 24.7 Å². The van der Waals surface area contributed by atoms with Gasteiger partial charge in [-0.2, -0.15) is 5.26 Å². The molecule has 1 fully saturated rings. The number of imidazole rings is 1. The number of hydrogen-bond acceptors (Lipinski definition) is 8. The van der Waals surface area contributed by atoms with E-state index in [-0.39, 0.29) is 24.0 Å². The number of hydrogen-bond donors (Lipinski definition) is 0. The van der Waals surface area contributed by atoms with Gasteiger partial charge >= 0.3 is 5.97 Å². The first-order chi connectivity index (χ1) is 20.5. The summed E-state index contributed by atoms with van der Waals surface area (Å²) < 4.78 is 32.8. The maximum absolute atomic E-state index is 14.2. The third-order valence-corrected chi connectivity index (χ3v) is 7.89. The van der Waals surface area contributed by atoms with Crippen LogP contribution in [-0.2, 0) is 29.0 Å². The van der Waals surface area contributed by atoms with Crippen LogP contribution in [0.1, 0.15) is 58.8 Å². The van der Waals surface area contributed by atoms with Gasteiger partial charge in [-0.3, -0.25) is 0 Å². The van der Waals surface area contributed by atoms with Crippen LogP contribution < -0.4 is 4.74 Å². The summed E-state index contributed by atoms with van der Waals surface area (Å²) in [5.74, 6) is 0.847. The molecule has 0 bridgehead atoms. The summed E-state index contributed by atoms with van der Waals surface area (Å²) in [5.41, 5.74) is 4.53. The Morgan fingerprint density at radius 3 is 2.81 bits per heavy atom. The first kappa shape index (κ1) is 27.5. The van der Waals surface area contributed by atoms with Crippen LogP contribution >= 0.6 is 0 Å². The minimum absolute atomic E-state index is 0.0264. The van der Waals surface area contributed by atoms with Crippen LogP contribution in [0.25, 0.3) is 16.6 Å². The van der Waals surface area contributed by atoms with Crippen molar-refractivity contribution >= 4 is 22.6 Å². The second-order valence-corrected chi connectivity index (χ2v) is 10.6. The molecule has 1 saturated heterocycles. The highest BCUT2D eigenvalue weighted by Crippen LogP contribution is 2.33. The highest BCUT2D eigenvalue weighted by atomic mass is 19.1. The maximum atomic E-state index is 14.2. The third kappa shape index (κ3) is 5.87. The number of nitriles is 1. The van der Waals surface area contributed by atoms with Gasteiger partial charge in [0.25, 0.3) is 0 Å². The lowest BCUT2D eigenvalue weighted by molar-refractivity contribution is -0.0590. The molecular formula is C32H30FN5O4. The summed E-state index contributed by atoms with van der Waals surface area (Å²) in [6.45, 7) is 1.48. The Balaban J connectivity index is 1.14. The van der Waals surface area contributed by atoms with Gasteiger partial charge in [-0.05, 0) is 61.4 Å². The van der Waals surface area contributed by atoms with Crippen molar-refractivity contribution in [1.29, 1.82) is 5.26 Å². The molecule has 4 aromatic rings. The summed E-state index contributed by atoms with van der Waals surface area (Å²) in [6, 6.07) is 13.6. The van der Waals surface area contributed by atoms with Crippen LogP contribution in [0.15, 0.2) is 54.7 Å². The van der Waals surface area contributed by atoms with Crippen LogP contribution in [-0.4, -0.2) is 45.3 Å². The van der Waals surface area contributed by atoms with Crippen LogP contribution in [0.3, 0.4) is 0 Å². The van der Waals surface area contributed by atoms with Crippen molar-refractivity contribution in [3.63, 3.8) is 0 Å². The van der Waals surface area contributed by atoms with E-state index < -0.39 is 11.8 Å². The summed E-state index contributed by atoms with van der Waals surface area (Å²) in [5, 5.41) is 8.94. The number of carbonyl (C=O) groups excluding carboxylic acids is 1. The van der Waals surface area contributed by atoms with E-state index in [1.165, 1.54) is 13.2 Å². The molecule has 0 saturated carbocycles. The number of rotatable bonds is 9. The monoisotopic (exact) mass is 567 g/mol. The molecular weight excluding hydrogens is 537 g/mol. The molecule has 2 atom stereocenters. The molecule has 0 radical (unpaired) electrons. The van der Waals surface area contributed by atoms with Gasteiger partial charge in [-0.15, -0.1) is 0 Å². The van der Waals surface area contributed by atoms with Gasteiger partial charge in [-0.1, -0.05) is 18.2 Å². The minimum Gasteiger partial charge on any atom is -0.473 e. The van der Waals surface area contributed by atoms with Gasteiger partial charge < -0.3 is 18.8 Å². The standard InChI is InChI=1S/C32H30FN5O4/c1-40-32(39)27-15-29-28(17-35-27)36-30(38(29)18-24-11-12-41-24)14-20-5-8-22(9-6-20)26-3-2-4-31(37-26)42-19-23-10-7-21(16-34)13-25(23)33/h2-4,7-8,10,13,15,17,20,24H,5-6,9,11-12,14,18-19H2,1H3/t20?,24-/m0/s1. The Morgan fingerprint density at radius 1 is 1.21 bits per heavy atom. The van der Waals surface area contributed by atoms with Crippen LogP contribution in [0.5, 0.6) is 5.88 Å². The number of esters is 1. The zero-order chi connectivity index (χ0) is 29.1. The van der Waals surface area contributed by atoms with Crippen molar-refractivity contribution < 1.29 is 23.4 Å². The number of fused-ring (bicyclic) bond motifs is 1. The summed E-state index contributed by atoms with van der Waals surface area (Å²) in [7, 11) is 1.35. The quantitative estimate of drug-likeness (QED) is 0.247. The number of nitrogens with zero attached hydrogens (tertiary/aromatic N) is 5. The fourth-order valence-electron chi connectivity index (χ4n) is 5.41. The Hall–Kier alpha value is -4.62. The normalized spacial score (nSPS) is 18.2. The van der Waals surface area contributed by atoms with Gasteiger partial charge in [0.2, 0.25) is 5.88 Å². The number of halogens is 1. The van der Waals surface area contributed by atoms with Gasteiger partial charge in [0.05, 0.1) is 48.8 Å². The Kier molecular flexibility index (Phi) is 7.93. The van der Waals surface area contributed by atoms with E-state index in [9.17, 15) is 9.18 Å². The fraction of sp³-hybridized carbons (Fsp3) is 0.344. The third-order valence-electron chi connectivity index (χ3n) is 7.89. The van der Waals surface area contributed by atoms with Gasteiger partial charge in [0.15, 0.2) is 5.69 Å². The van der Waals surface area contributed by atoms with Crippen molar-refractivity contribution in [2.45, 2.75) is 51.4 Å². The molecule has 1 aliphatic heterocycles. The topological polar surface area (TPSA) is 112 Å². The molecule has 1 aliphatic carbocycles. The van der Waals surface area contributed by atoms with E-state index in [1.54, 1.807) is 30.5 Å². The molecule has 0 spiro atoms. The van der Waals surface area contributed by atoms with Crippen molar-refractivity contribution in [2.75, 3.05) is 13.7 Å². The van der Waals surface area contributed by atoms with E-state index in [0.29, 0.717) is 23.9 Å². The van der Waals surface area contributed by atoms with E-state index in [1.807, 2.05) is 18.2 Å². The zero-order valence-corrected chi connectivity index (χ0v) is 23.3. The van der Waals surface area contributed by atoms with Crippen LogP contribution in [0.2, 0.25) is 0 Å². The van der Waals surface area contributed by atoms with E-state index in [2.05, 4.69) is 20.6 Å². The predicted octanol–water partition coefficient (Wildman–Crippen LogP) is 5.42. The Bertz CT molecular complexity index is 1710. The zero-order valence-electron chi connectivity index (χ0n) is 23.3. The number of carbonyl (C=O) groups is 1. The Labute approximate surface area is 242 Å². The number of pyridine rings is 2. The number of ether oxygens (including phenoxy) is 3. The van der Waals surface area contributed by atoms with Crippen LogP contribution in [0, 0.1) is 23.1 Å². The van der Waals surface area contributed by atoms with Crippen molar-refractivity contribution in [3.8, 4) is 11.9 Å². The molecule has 9 nitrogen and oxygen atoms in total. The summed E-state index contributed by atoms with van der Waals surface area (Å²) in [4.78, 5) is 25.9. The largest absolute Gasteiger partial charge is 0.473 e. The molecule has 10 heteroatoms. The number of allylic oxidation sites excluding steroid dienone is 2. The molecule has 3 aromatic heterocycles. The lowest BCUT2D eigenvalue weighted by Gasteiger charge is -2.28. The molecule has 2 aliphatic rings. The lowest BCUT2D eigenvalue weighted by Crippen LogP contribution is -2.32. The molecule has 0 amide bonds. The van der Waals surface area contributed by atoms with Crippen molar-refractivity contribution in [2.24, 2.45) is 5.92 Å². The minimum atomic E-state index is -0.472. The smallest absolute Gasteiger partial charge is 0.356 e. The molecule has 214 valence electrons. The average Bonchev–Trinajstić information content (AvgIpc) is 3.34. The molecule has 4 heterocycles. The van der Waals surface area contributed by atoms with E-state index in [0.717, 1.165) is 66.8 Å². The summed E-state index contributed by atoms with van der Waals surface area (Å²) >= 11 is 0. The number of aromatic nitrogens is 4. The SMILES string of the molecule is COC(=O)c1cc2c(cn1)nc(CC1CC=C(c3cccc(OCc4ccc(C#N)cc4F)n3)CC1)n2C[C@@H]1CCO1. The van der Waals surface area contributed by atoms with Gasteiger partial charge in [-0.25, -0.2) is 24.1 Å². The molecule has 42 heavy (non-hydrogen) atoms. The average molecular weight is 568 g/mol. The predicted molar refractivity (Wildman–Crippen MR) is 152 cm³/mol. The maximum Gasteiger partial charge on any atom is 0.356 e. The van der Waals surface area contributed by atoms with Crippen LogP contribution in [0.4, 0.5) is 4.39 Å². The van der Waals surface area contributed by atoms with Crippen molar-refractivity contribution in [3.05, 3.63) is 88.9 Å². The fourth-order valence-corrected chi connectivity index (χ4v) is 5.41. The molecule has 0 N–H and O–H groups in total. The van der Waals surface area contributed by atoms with E-state index >= 15 is 0 Å². The van der Waals surface area contributed by atoms with Crippen molar-refractivity contribution in [1.82, 2.24) is 19.5 Å².